The van der Waals surface area contributed by atoms with Gasteiger partial charge in [-0.2, -0.15) is 13.2 Å². The summed E-state index contributed by atoms with van der Waals surface area (Å²) in [5, 5.41) is 2.79. The van der Waals surface area contributed by atoms with Crippen molar-refractivity contribution in [3.8, 4) is 0 Å². The zero-order chi connectivity index (χ0) is 18.4. The van der Waals surface area contributed by atoms with Gasteiger partial charge in [-0.15, -0.1) is 0 Å². The molecule has 2 aromatic carbocycles. The van der Waals surface area contributed by atoms with Crippen molar-refractivity contribution >= 4 is 5.91 Å². The number of hydrogen-bond acceptors (Lipinski definition) is 1. The number of alkyl halides is 3. The molecular weight excluding hydrogens is 329 g/mol. The molecule has 0 saturated heterocycles. The monoisotopic (exact) mass is 351 g/mol. The lowest BCUT2D eigenvalue weighted by molar-refractivity contribution is -0.872. The van der Waals surface area contributed by atoms with E-state index in [4.69, 9.17) is 0 Å². The summed E-state index contributed by atoms with van der Waals surface area (Å²) < 4.78 is 38.2. The highest BCUT2D eigenvalue weighted by molar-refractivity contribution is 5.78. The molecule has 2 N–H and O–H groups in total. The summed E-state index contributed by atoms with van der Waals surface area (Å²) in [6.45, 7) is 1.20. The SMILES string of the molecule is C[NH+](C)Cc1ccccc1CNC(=O)Cc1cccc(C(F)(F)F)c1. The lowest BCUT2D eigenvalue weighted by Crippen LogP contribution is -3.04. The van der Waals surface area contributed by atoms with E-state index in [1.807, 2.05) is 38.4 Å². The van der Waals surface area contributed by atoms with Crippen LogP contribution in [0.15, 0.2) is 48.5 Å². The lowest BCUT2D eigenvalue weighted by Gasteiger charge is -2.13. The zero-order valence-corrected chi connectivity index (χ0v) is 14.3. The molecule has 0 atom stereocenters. The van der Waals surface area contributed by atoms with Gasteiger partial charge in [0.15, 0.2) is 0 Å². The van der Waals surface area contributed by atoms with Crippen LogP contribution in [-0.4, -0.2) is 20.0 Å². The third kappa shape index (κ3) is 5.90. The van der Waals surface area contributed by atoms with Crippen LogP contribution in [0.1, 0.15) is 22.3 Å². The van der Waals surface area contributed by atoms with E-state index in [9.17, 15) is 18.0 Å². The maximum Gasteiger partial charge on any atom is 0.416 e. The van der Waals surface area contributed by atoms with Gasteiger partial charge in [0.1, 0.15) is 6.54 Å². The number of rotatable bonds is 6. The predicted octanol–water partition coefficient (Wildman–Crippen LogP) is 2.21. The summed E-state index contributed by atoms with van der Waals surface area (Å²) in [6, 6.07) is 12.7. The number of carbonyl (C=O) groups excluding carboxylic acids is 1. The summed E-state index contributed by atoms with van der Waals surface area (Å²) in [4.78, 5) is 13.3. The Morgan fingerprint density at radius 1 is 1.04 bits per heavy atom. The van der Waals surface area contributed by atoms with Gasteiger partial charge in [0.25, 0.3) is 0 Å². The lowest BCUT2D eigenvalue weighted by atomic mass is 10.1. The molecule has 2 aromatic rings. The minimum absolute atomic E-state index is 0.0784. The molecule has 0 aromatic heterocycles. The third-order valence-corrected chi connectivity index (χ3v) is 3.76. The molecule has 1 amide bonds. The van der Waals surface area contributed by atoms with Crippen molar-refractivity contribution in [2.24, 2.45) is 0 Å². The Balaban J connectivity index is 1.98. The van der Waals surface area contributed by atoms with Gasteiger partial charge in [-0.3, -0.25) is 4.79 Å². The summed E-state index contributed by atoms with van der Waals surface area (Å²) in [5.41, 5.74) is 1.76. The van der Waals surface area contributed by atoms with E-state index in [1.54, 1.807) is 0 Å². The van der Waals surface area contributed by atoms with Crippen LogP contribution in [0.2, 0.25) is 0 Å². The molecule has 0 radical (unpaired) electrons. The second-order valence-corrected chi connectivity index (χ2v) is 6.30. The van der Waals surface area contributed by atoms with Crippen molar-refractivity contribution in [1.29, 1.82) is 0 Å². The Labute approximate surface area is 145 Å². The van der Waals surface area contributed by atoms with E-state index in [0.29, 0.717) is 12.1 Å². The van der Waals surface area contributed by atoms with Gasteiger partial charge in [-0.05, 0) is 17.2 Å². The van der Waals surface area contributed by atoms with Crippen molar-refractivity contribution in [1.82, 2.24) is 5.32 Å². The van der Waals surface area contributed by atoms with Crippen molar-refractivity contribution in [2.45, 2.75) is 25.7 Å². The van der Waals surface area contributed by atoms with Crippen molar-refractivity contribution in [3.05, 3.63) is 70.8 Å². The summed E-state index contributed by atoms with van der Waals surface area (Å²) in [6.07, 6.45) is -4.48. The fourth-order valence-electron chi connectivity index (χ4n) is 2.58. The fourth-order valence-corrected chi connectivity index (χ4v) is 2.58. The third-order valence-electron chi connectivity index (χ3n) is 3.76. The number of nitrogens with one attached hydrogen (secondary N) is 2. The van der Waals surface area contributed by atoms with Crippen LogP contribution >= 0.6 is 0 Å². The predicted molar refractivity (Wildman–Crippen MR) is 90.0 cm³/mol. The Hall–Kier alpha value is -2.34. The summed E-state index contributed by atoms with van der Waals surface area (Å²) >= 11 is 0. The molecule has 25 heavy (non-hydrogen) atoms. The molecule has 0 aliphatic heterocycles. The number of benzene rings is 2. The number of halogens is 3. The van der Waals surface area contributed by atoms with Crippen LogP contribution in [0, 0.1) is 0 Å². The first-order valence-electron chi connectivity index (χ1n) is 8.04. The van der Waals surface area contributed by atoms with E-state index < -0.39 is 11.7 Å². The Morgan fingerprint density at radius 2 is 1.72 bits per heavy atom. The van der Waals surface area contributed by atoms with Crippen LogP contribution in [0.3, 0.4) is 0 Å². The first kappa shape index (κ1) is 19.0. The average Bonchev–Trinajstić information content (AvgIpc) is 2.53. The van der Waals surface area contributed by atoms with Crippen LogP contribution in [0.4, 0.5) is 13.2 Å². The Morgan fingerprint density at radius 3 is 2.36 bits per heavy atom. The summed E-state index contributed by atoms with van der Waals surface area (Å²) in [5.74, 6) is -0.300. The molecule has 2 rings (SSSR count). The summed E-state index contributed by atoms with van der Waals surface area (Å²) in [7, 11) is 4.09. The highest BCUT2D eigenvalue weighted by atomic mass is 19.4. The molecule has 0 bridgehead atoms. The Bertz CT molecular complexity index is 727. The highest BCUT2D eigenvalue weighted by Gasteiger charge is 2.30. The van der Waals surface area contributed by atoms with Crippen LogP contribution in [0.5, 0.6) is 0 Å². The quantitative estimate of drug-likeness (QED) is 0.822. The first-order chi connectivity index (χ1) is 11.8. The molecule has 0 heterocycles. The molecule has 0 fully saturated rings. The fraction of sp³-hybridized carbons (Fsp3) is 0.316. The maximum atomic E-state index is 12.7. The smallest absolute Gasteiger partial charge is 0.352 e. The topological polar surface area (TPSA) is 33.5 Å². The van der Waals surface area contributed by atoms with E-state index in [1.165, 1.54) is 17.0 Å². The van der Waals surface area contributed by atoms with Gasteiger partial charge in [0.2, 0.25) is 5.91 Å². The molecule has 0 saturated carbocycles. The molecule has 0 unspecified atom stereocenters. The molecule has 0 aliphatic rings. The van der Waals surface area contributed by atoms with Gasteiger partial charge in [-0.1, -0.05) is 42.5 Å². The van der Waals surface area contributed by atoms with Crippen LogP contribution in [0.25, 0.3) is 0 Å². The minimum Gasteiger partial charge on any atom is -0.352 e. The van der Waals surface area contributed by atoms with E-state index in [-0.39, 0.29) is 12.3 Å². The van der Waals surface area contributed by atoms with E-state index >= 15 is 0 Å². The molecule has 0 spiro atoms. The standard InChI is InChI=1S/C19H21F3N2O/c1-24(2)13-16-8-4-3-7-15(16)12-23-18(25)11-14-6-5-9-17(10-14)19(20,21)22/h3-10H,11-13H2,1-2H3,(H,23,25)/p+1. The zero-order valence-electron chi connectivity index (χ0n) is 14.3. The van der Waals surface area contributed by atoms with Gasteiger partial charge in [0, 0.05) is 12.1 Å². The average molecular weight is 351 g/mol. The largest absolute Gasteiger partial charge is 0.416 e. The van der Waals surface area contributed by atoms with Crippen molar-refractivity contribution in [3.63, 3.8) is 0 Å². The van der Waals surface area contributed by atoms with Crippen LogP contribution < -0.4 is 10.2 Å². The van der Waals surface area contributed by atoms with Gasteiger partial charge >= 0.3 is 6.18 Å². The van der Waals surface area contributed by atoms with E-state index in [0.717, 1.165) is 29.8 Å². The van der Waals surface area contributed by atoms with Crippen molar-refractivity contribution in [2.75, 3.05) is 14.1 Å². The molecule has 6 heteroatoms. The molecular formula is C19H22F3N2O+. The molecule has 3 nitrogen and oxygen atoms in total. The maximum absolute atomic E-state index is 12.7. The number of hydrogen-bond donors (Lipinski definition) is 2. The minimum atomic E-state index is -4.40. The molecule has 134 valence electrons. The Kier molecular flexibility index (Phi) is 6.20. The van der Waals surface area contributed by atoms with Gasteiger partial charge < -0.3 is 10.2 Å². The van der Waals surface area contributed by atoms with Crippen molar-refractivity contribution < 1.29 is 22.9 Å². The second kappa shape index (κ2) is 8.16. The first-order valence-corrected chi connectivity index (χ1v) is 8.04. The number of amides is 1. The molecule has 0 aliphatic carbocycles. The van der Waals surface area contributed by atoms with Crippen LogP contribution in [-0.2, 0) is 30.5 Å². The normalized spacial score (nSPS) is 11.6. The van der Waals surface area contributed by atoms with Gasteiger partial charge in [0.05, 0.1) is 26.1 Å². The van der Waals surface area contributed by atoms with Gasteiger partial charge in [-0.25, -0.2) is 0 Å². The number of carbonyl (C=O) groups is 1. The van der Waals surface area contributed by atoms with E-state index in [2.05, 4.69) is 5.32 Å². The second-order valence-electron chi connectivity index (χ2n) is 6.30. The number of quaternary nitrogens is 1. The highest BCUT2D eigenvalue weighted by Crippen LogP contribution is 2.29.